The van der Waals surface area contributed by atoms with Gasteiger partial charge < -0.3 is 4.74 Å². The van der Waals surface area contributed by atoms with E-state index in [2.05, 4.69) is 42.8 Å². The van der Waals surface area contributed by atoms with Crippen LogP contribution in [0.2, 0.25) is 0 Å². The van der Waals surface area contributed by atoms with Crippen molar-refractivity contribution < 1.29 is 9.53 Å². The highest BCUT2D eigenvalue weighted by molar-refractivity contribution is 9.10. The van der Waals surface area contributed by atoms with Gasteiger partial charge in [-0.1, -0.05) is 76.2 Å². The van der Waals surface area contributed by atoms with Gasteiger partial charge in [-0.2, -0.15) is 0 Å². The number of ether oxygens (including phenoxy) is 1. The first-order chi connectivity index (χ1) is 12.7. The Hall–Kier alpha value is -2.12. The van der Waals surface area contributed by atoms with Gasteiger partial charge in [-0.05, 0) is 11.6 Å². The van der Waals surface area contributed by atoms with Gasteiger partial charge >= 0.3 is 5.97 Å². The maximum atomic E-state index is 11.9. The highest BCUT2D eigenvalue weighted by Gasteiger charge is 2.30. The van der Waals surface area contributed by atoms with E-state index < -0.39 is 0 Å². The van der Waals surface area contributed by atoms with Crippen LogP contribution in [0.15, 0.2) is 64.2 Å². The molecule has 1 fully saturated rings. The summed E-state index contributed by atoms with van der Waals surface area (Å²) in [5, 5.41) is 9.30. The van der Waals surface area contributed by atoms with E-state index in [4.69, 9.17) is 4.74 Å². The summed E-state index contributed by atoms with van der Waals surface area (Å²) in [6, 6.07) is 18.1. The highest BCUT2D eigenvalue weighted by Crippen LogP contribution is 2.33. The van der Waals surface area contributed by atoms with Crippen LogP contribution in [0.1, 0.15) is 12.0 Å². The third kappa shape index (κ3) is 3.54. The number of carbonyl (C=O) groups excluding carboxylic acids is 1. The Balaban J connectivity index is 1.74. The van der Waals surface area contributed by atoms with Crippen molar-refractivity contribution in [1.82, 2.24) is 14.8 Å². The number of aromatic nitrogens is 3. The van der Waals surface area contributed by atoms with Crippen LogP contribution in [0.25, 0.3) is 11.4 Å². The molecule has 1 aliphatic rings. The maximum absolute atomic E-state index is 11.9. The van der Waals surface area contributed by atoms with Crippen LogP contribution in [0, 0.1) is 0 Å². The predicted molar refractivity (Wildman–Crippen MR) is 104 cm³/mol. The largest absolute Gasteiger partial charge is 0.465 e. The van der Waals surface area contributed by atoms with Gasteiger partial charge in [0.15, 0.2) is 11.0 Å². The first kappa shape index (κ1) is 17.3. The summed E-state index contributed by atoms with van der Waals surface area (Å²) >= 11 is 5.02. The topological polar surface area (TPSA) is 57.0 Å². The van der Waals surface area contributed by atoms with Gasteiger partial charge in [0.25, 0.3) is 0 Å². The van der Waals surface area contributed by atoms with Crippen LogP contribution < -0.4 is 0 Å². The van der Waals surface area contributed by atoms with E-state index in [9.17, 15) is 4.79 Å². The van der Waals surface area contributed by atoms with Gasteiger partial charge in [-0.25, -0.2) is 0 Å². The number of halogens is 1. The van der Waals surface area contributed by atoms with Crippen molar-refractivity contribution in [3.05, 3.63) is 64.6 Å². The zero-order valence-electron chi connectivity index (χ0n) is 13.8. The lowest BCUT2D eigenvalue weighted by Gasteiger charge is -2.12. The Morgan fingerprint density at radius 2 is 1.88 bits per heavy atom. The number of hydrogen-bond acceptors (Lipinski definition) is 5. The molecule has 2 aromatic carbocycles. The maximum Gasteiger partial charge on any atom is 0.319 e. The lowest BCUT2D eigenvalue weighted by atomic mass is 10.2. The molecule has 1 saturated heterocycles. The van der Waals surface area contributed by atoms with Gasteiger partial charge in [0.2, 0.25) is 0 Å². The quantitative estimate of drug-likeness (QED) is 0.569. The van der Waals surface area contributed by atoms with Crippen LogP contribution >= 0.6 is 27.7 Å². The van der Waals surface area contributed by atoms with Crippen molar-refractivity contribution in [2.45, 2.75) is 23.4 Å². The number of benzene rings is 2. The molecule has 5 nitrogen and oxygen atoms in total. The summed E-state index contributed by atoms with van der Waals surface area (Å²) < 4.78 is 8.10. The summed E-state index contributed by atoms with van der Waals surface area (Å²) in [5.41, 5.74) is 2.12. The van der Waals surface area contributed by atoms with Crippen LogP contribution in [0.5, 0.6) is 0 Å². The normalized spacial score (nSPS) is 16.7. The minimum Gasteiger partial charge on any atom is -0.465 e. The van der Waals surface area contributed by atoms with Crippen molar-refractivity contribution in [2.24, 2.45) is 0 Å². The summed E-state index contributed by atoms with van der Waals surface area (Å²) in [4.78, 5) is 11.9. The Labute approximate surface area is 163 Å². The number of carbonyl (C=O) groups is 1. The van der Waals surface area contributed by atoms with E-state index in [1.54, 1.807) is 0 Å². The molecule has 132 valence electrons. The van der Waals surface area contributed by atoms with Gasteiger partial charge in [0, 0.05) is 16.5 Å². The molecule has 7 heteroatoms. The average molecular weight is 430 g/mol. The number of esters is 1. The molecule has 0 aliphatic carbocycles. The molecule has 4 rings (SSSR count). The van der Waals surface area contributed by atoms with E-state index in [1.165, 1.54) is 11.8 Å². The van der Waals surface area contributed by atoms with Crippen molar-refractivity contribution in [1.29, 1.82) is 0 Å². The van der Waals surface area contributed by atoms with Gasteiger partial charge in [-0.3, -0.25) is 9.36 Å². The molecule has 26 heavy (non-hydrogen) atoms. The Morgan fingerprint density at radius 3 is 2.62 bits per heavy atom. The highest BCUT2D eigenvalue weighted by atomic mass is 79.9. The minimum atomic E-state index is -0.221. The van der Waals surface area contributed by atoms with Crippen molar-refractivity contribution in [3.63, 3.8) is 0 Å². The van der Waals surface area contributed by atoms with Crippen molar-refractivity contribution >= 4 is 33.7 Å². The summed E-state index contributed by atoms with van der Waals surface area (Å²) in [6.45, 7) is 1.11. The molecule has 0 bridgehead atoms. The molecule has 1 unspecified atom stereocenters. The molecule has 0 radical (unpaired) electrons. The van der Waals surface area contributed by atoms with Crippen molar-refractivity contribution in [2.75, 3.05) is 6.61 Å². The third-order valence-corrected chi connectivity index (χ3v) is 6.07. The second-order valence-electron chi connectivity index (χ2n) is 5.92. The number of thioether (sulfide) groups is 1. The summed E-state index contributed by atoms with van der Waals surface area (Å²) in [6.07, 6.45) is 0.700. The number of rotatable bonds is 5. The van der Waals surface area contributed by atoms with E-state index in [0.29, 0.717) is 19.6 Å². The fourth-order valence-corrected chi connectivity index (χ4v) is 4.30. The van der Waals surface area contributed by atoms with Crippen LogP contribution in [-0.2, 0) is 16.1 Å². The number of nitrogens with zero attached hydrogens (tertiary/aromatic N) is 3. The SMILES string of the molecule is O=C1OCCC1Sc1nnc(-c2ccccc2Br)n1Cc1ccccc1. The molecule has 0 N–H and O–H groups in total. The van der Waals surface area contributed by atoms with E-state index in [1.807, 2.05) is 42.5 Å². The predicted octanol–water partition coefficient (Wildman–Crippen LogP) is 4.16. The molecule has 0 spiro atoms. The molecule has 1 aliphatic heterocycles. The molecule has 3 aromatic rings. The van der Waals surface area contributed by atoms with E-state index in [0.717, 1.165) is 26.6 Å². The standard InChI is InChI=1S/C19H16BrN3O2S/c20-15-9-5-4-8-14(15)17-21-22-19(26-16-10-11-25-18(16)24)23(17)12-13-6-2-1-3-7-13/h1-9,16H,10-12H2. The smallest absolute Gasteiger partial charge is 0.319 e. The molecule has 2 heterocycles. The Bertz CT molecular complexity index is 930. The number of cyclic esters (lactones) is 1. The Morgan fingerprint density at radius 1 is 1.12 bits per heavy atom. The van der Waals surface area contributed by atoms with E-state index >= 15 is 0 Å². The molecule has 1 atom stereocenters. The molecule has 0 saturated carbocycles. The minimum absolute atomic E-state index is 0.174. The summed E-state index contributed by atoms with van der Waals surface area (Å²) in [5.74, 6) is 0.599. The first-order valence-electron chi connectivity index (χ1n) is 8.27. The van der Waals surface area contributed by atoms with Crippen LogP contribution in [-0.4, -0.2) is 32.6 Å². The molecule has 1 aromatic heterocycles. The Kier molecular flexibility index (Phi) is 5.08. The fraction of sp³-hybridized carbons (Fsp3) is 0.211. The van der Waals surface area contributed by atoms with Crippen LogP contribution in [0.3, 0.4) is 0 Å². The van der Waals surface area contributed by atoms with Gasteiger partial charge in [-0.15, -0.1) is 10.2 Å². The third-order valence-electron chi connectivity index (χ3n) is 4.15. The lowest BCUT2D eigenvalue weighted by molar-refractivity contribution is -0.137. The zero-order valence-corrected chi connectivity index (χ0v) is 16.2. The van der Waals surface area contributed by atoms with Gasteiger partial charge in [0.1, 0.15) is 5.25 Å². The molecular weight excluding hydrogens is 414 g/mol. The fourth-order valence-electron chi connectivity index (χ4n) is 2.84. The van der Waals surface area contributed by atoms with Gasteiger partial charge in [0.05, 0.1) is 13.2 Å². The van der Waals surface area contributed by atoms with E-state index in [-0.39, 0.29) is 11.2 Å². The second kappa shape index (κ2) is 7.63. The lowest BCUT2D eigenvalue weighted by Crippen LogP contribution is -2.12. The molecule has 0 amide bonds. The van der Waals surface area contributed by atoms with Crippen LogP contribution in [0.4, 0.5) is 0 Å². The zero-order chi connectivity index (χ0) is 17.9. The second-order valence-corrected chi connectivity index (χ2v) is 7.94. The first-order valence-corrected chi connectivity index (χ1v) is 9.95. The molecular formula is C19H16BrN3O2S. The van der Waals surface area contributed by atoms with Crippen molar-refractivity contribution in [3.8, 4) is 11.4 Å². The number of hydrogen-bond donors (Lipinski definition) is 0. The monoisotopic (exact) mass is 429 g/mol. The average Bonchev–Trinajstić information content (AvgIpc) is 3.24. The summed E-state index contributed by atoms with van der Waals surface area (Å²) in [7, 11) is 0.